The molecule has 0 spiro atoms. The topological polar surface area (TPSA) is 42.5 Å². The Morgan fingerprint density at radius 3 is 1.52 bits per heavy atom. The summed E-state index contributed by atoms with van der Waals surface area (Å²) >= 11 is 13.8. The molecule has 1 aliphatic heterocycles. The summed E-state index contributed by atoms with van der Waals surface area (Å²) < 4.78 is 2.01. The summed E-state index contributed by atoms with van der Waals surface area (Å²) in [6.07, 6.45) is 2.00. The van der Waals surface area contributed by atoms with E-state index >= 15 is 0 Å². The molecule has 0 radical (unpaired) electrons. The fraction of sp³-hybridized carbons (Fsp3) is 0.0278. The predicted molar refractivity (Wildman–Crippen MR) is 173 cm³/mol. The molecule has 4 nitrogen and oxygen atoms in total. The third-order valence-electron chi connectivity index (χ3n) is 7.32. The van der Waals surface area contributed by atoms with E-state index in [9.17, 15) is 0 Å². The molecule has 0 amide bonds. The molecule has 0 bridgehead atoms. The van der Waals surface area contributed by atoms with Crippen molar-refractivity contribution in [3.05, 3.63) is 172 Å². The first-order valence-corrected chi connectivity index (χ1v) is 14.4. The lowest BCUT2D eigenvalue weighted by Gasteiger charge is -2.28. The smallest absolute Gasteiger partial charge is 0.262 e. The van der Waals surface area contributed by atoms with Gasteiger partial charge in [-0.3, -0.25) is 4.57 Å². The van der Waals surface area contributed by atoms with Crippen LogP contribution in [0.1, 0.15) is 16.7 Å². The van der Waals surface area contributed by atoms with E-state index in [0.717, 1.165) is 44.9 Å². The average Bonchev–Trinajstić information content (AvgIpc) is 3.67. The number of aliphatic imine (C=N–C) groups is 2. The van der Waals surface area contributed by atoms with Crippen molar-refractivity contribution in [2.75, 3.05) is 0 Å². The first kappa shape index (κ1) is 26.1. The van der Waals surface area contributed by atoms with E-state index in [0.29, 0.717) is 15.9 Å². The van der Waals surface area contributed by atoms with Gasteiger partial charge in [0.05, 0.1) is 27.2 Å². The summed E-state index contributed by atoms with van der Waals surface area (Å²) in [6, 6.07) is 45.7. The van der Waals surface area contributed by atoms with Crippen LogP contribution in [0.25, 0.3) is 22.6 Å². The van der Waals surface area contributed by atoms with Crippen molar-refractivity contribution in [2.45, 2.75) is 5.79 Å². The number of imidazole rings is 1. The van der Waals surface area contributed by atoms with Gasteiger partial charge in [0.1, 0.15) is 5.82 Å². The van der Waals surface area contributed by atoms with E-state index in [-0.39, 0.29) is 0 Å². The van der Waals surface area contributed by atoms with Gasteiger partial charge in [0.2, 0.25) is 0 Å². The molecule has 6 aromatic rings. The standard InChI is InChI=1S/C36H24Cl2N4/c37-30-22-12-10-20-28(30)35-39-32(25-14-4-1-5-15-25)24-42(35)36(29-21-11-13-23-31(29)38)40-33(26-16-6-2-7-17-26)34(41-36)27-18-8-3-9-19-27/h1-24H. The van der Waals surface area contributed by atoms with Gasteiger partial charge in [0.15, 0.2) is 0 Å². The summed E-state index contributed by atoms with van der Waals surface area (Å²) in [5.41, 5.74) is 6.69. The van der Waals surface area contributed by atoms with Gasteiger partial charge in [-0.1, -0.05) is 145 Å². The van der Waals surface area contributed by atoms with Crippen LogP contribution in [-0.4, -0.2) is 21.0 Å². The van der Waals surface area contributed by atoms with E-state index in [1.807, 2.05) is 126 Å². The quantitative estimate of drug-likeness (QED) is 0.193. The van der Waals surface area contributed by atoms with Gasteiger partial charge in [-0.15, -0.1) is 0 Å². The maximum Gasteiger partial charge on any atom is 0.262 e. The summed E-state index contributed by atoms with van der Waals surface area (Å²) in [5, 5.41) is 1.13. The van der Waals surface area contributed by atoms with E-state index < -0.39 is 5.79 Å². The highest BCUT2D eigenvalue weighted by atomic mass is 35.5. The molecule has 202 valence electrons. The number of benzene rings is 5. The Bertz CT molecular complexity index is 1890. The molecule has 0 N–H and O–H groups in total. The van der Waals surface area contributed by atoms with E-state index in [2.05, 4.69) is 24.3 Å². The molecule has 0 unspecified atom stereocenters. The first-order valence-electron chi connectivity index (χ1n) is 13.6. The minimum absolute atomic E-state index is 0.548. The Morgan fingerprint density at radius 1 is 0.500 bits per heavy atom. The molecule has 2 heterocycles. The fourth-order valence-corrected chi connectivity index (χ4v) is 5.81. The molecule has 1 aromatic heterocycles. The van der Waals surface area contributed by atoms with Crippen LogP contribution in [0.15, 0.2) is 156 Å². The minimum Gasteiger partial charge on any atom is -0.282 e. The Kier molecular flexibility index (Phi) is 6.79. The van der Waals surface area contributed by atoms with Gasteiger partial charge >= 0.3 is 0 Å². The normalized spacial score (nSPS) is 14.0. The second-order valence-corrected chi connectivity index (χ2v) is 10.7. The zero-order chi connectivity index (χ0) is 28.5. The molecule has 1 aliphatic rings. The number of aromatic nitrogens is 2. The Balaban J connectivity index is 1.60. The van der Waals surface area contributed by atoms with Gasteiger partial charge in [-0.05, 0) is 18.2 Å². The highest BCUT2D eigenvalue weighted by Gasteiger charge is 2.44. The summed E-state index contributed by atoms with van der Waals surface area (Å²) in [6.45, 7) is 0. The van der Waals surface area contributed by atoms with Crippen LogP contribution in [0.3, 0.4) is 0 Å². The molecule has 0 aliphatic carbocycles. The zero-order valence-corrected chi connectivity index (χ0v) is 23.9. The van der Waals surface area contributed by atoms with Crippen LogP contribution in [0.5, 0.6) is 0 Å². The first-order chi connectivity index (χ1) is 20.6. The molecule has 0 fully saturated rings. The maximum atomic E-state index is 6.99. The fourth-order valence-electron chi connectivity index (χ4n) is 5.33. The lowest BCUT2D eigenvalue weighted by Crippen LogP contribution is -2.30. The van der Waals surface area contributed by atoms with Crippen LogP contribution in [-0.2, 0) is 5.79 Å². The number of hydrogen-bond donors (Lipinski definition) is 0. The molecular formula is C36H24Cl2N4. The van der Waals surface area contributed by atoms with Crippen molar-refractivity contribution in [3.8, 4) is 22.6 Å². The van der Waals surface area contributed by atoms with Gasteiger partial charge < -0.3 is 0 Å². The largest absolute Gasteiger partial charge is 0.282 e. The Hall–Kier alpha value is -4.77. The second-order valence-electron chi connectivity index (χ2n) is 9.93. The molecule has 0 saturated carbocycles. The number of nitrogens with zero attached hydrogens (tertiary/aromatic N) is 4. The van der Waals surface area contributed by atoms with Crippen LogP contribution < -0.4 is 0 Å². The average molecular weight is 584 g/mol. The third kappa shape index (κ3) is 4.55. The van der Waals surface area contributed by atoms with Gasteiger partial charge in [0.25, 0.3) is 5.79 Å². The summed E-state index contributed by atoms with van der Waals surface area (Å²) in [4.78, 5) is 16.1. The van der Waals surface area contributed by atoms with Gasteiger partial charge in [0, 0.05) is 34.0 Å². The highest BCUT2D eigenvalue weighted by Crippen LogP contribution is 2.44. The third-order valence-corrected chi connectivity index (χ3v) is 7.97. The zero-order valence-electron chi connectivity index (χ0n) is 22.4. The van der Waals surface area contributed by atoms with Crippen molar-refractivity contribution >= 4 is 34.6 Å². The van der Waals surface area contributed by atoms with Crippen molar-refractivity contribution in [3.63, 3.8) is 0 Å². The second kappa shape index (κ2) is 10.9. The molecule has 42 heavy (non-hydrogen) atoms. The van der Waals surface area contributed by atoms with E-state index in [1.54, 1.807) is 0 Å². The molecule has 7 rings (SSSR count). The lowest BCUT2D eigenvalue weighted by molar-refractivity contribution is 0.405. The van der Waals surface area contributed by atoms with Crippen molar-refractivity contribution < 1.29 is 0 Å². The molecule has 6 heteroatoms. The molecule has 0 atom stereocenters. The maximum absolute atomic E-state index is 6.99. The Morgan fingerprint density at radius 2 is 0.976 bits per heavy atom. The number of hydrogen-bond acceptors (Lipinski definition) is 3. The van der Waals surface area contributed by atoms with Crippen molar-refractivity contribution in [1.82, 2.24) is 9.55 Å². The van der Waals surface area contributed by atoms with Crippen LogP contribution >= 0.6 is 23.2 Å². The summed E-state index contributed by atoms with van der Waals surface area (Å²) in [7, 11) is 0. The molecular weight excluding hydrogens is 559 g/mol. The van der Waals surface area contributed by atoms with Crippen molar-refractivity contribution in [2.24, 2.45) is 9.98 Å². The molecule has 0 saturated heterocycles. The SMILES string of the molecule is Clc1ccccc1-c1nc(-c2ccccc2)cn1C1(c2ccccc2Cl)N=C(c2ccccc2)C(c2ccccc2)=N1. The number of rotatable bonds is 6. The highest BCUT2D eigenvalue weighted by molar-refractivity contribution is 6.54. The predicted octanol–water partition coefficient (Wildman–Crippen LogP) is 9.17. The minimum atomic E-state index is -1.30. The van der Waals surface area contributed by atoms with Crippen LogP contribution in [0.2, 0.25) is 10.0 Å². The van der Waals surface area contributed by atoms with E-state index in [1.165, 1.54) is 0 Å². The van der Waals surface area contributed by atoms with Gasteiger partial charge in [-0.25, -0.2) is 15.0 Å². The van der Waals surface area contributed by atoms with Crippen molar-refractivity contribution in [1.29, 1.82) is 0 Å². The lowest BCUT2D eigenvalue weighted by atomic mass is 10.0. The van der Waals surface area contributed by atoms with E-state index in [4.69, 9.17) is 38.2 Å². The number of halogens is 2. The summed E-state index contributed by atoms with van der Waals surface area (Å²) in [5.74, 6) is -0.669. The van der Waals surface area contributed by atoms with Gasteiger partial charge in [-0.2, -0.15) is 0 Å². The molecule has 5 aromatic carbocycles. The van der Waals surface area contributed by atoms with Crippen LogP contribution in [0.4, 0.5) is 0 Å². The Labute approximate surface area is 254 Å². The van der Waals surface area contributed by atoms with Crippen LogP contribution in [0, 0.1) is 0 Å². The monoisotopic (exact) mass is 582 g/mol.